The third-order valence-electron chi connectivity index (χ3n) is 3.47. The van der Waals surface area contributed by atoms with Gasteiger partial charge in [-0.05, 0) is 18.2 Å². The summed E-state index contributed by atoms with van der Waals surface area (Å²) >= 11 is 0. The predicted octanol–water partition coefficient (Wildman–Crippen LogP) is 2.13. The third kappa shape index (κ3) is 4.08. The van der Waals surface area contributed by atoms with Crippen molar-refractivity contribution in [2.45, 2.75) is 11.4 Å². The minimum absolute atomic E-state index is 0.0744. The number of ether oxygens (including phenoxy) is 3. The van der Waals surface area contributed by atoms with E-state index in [-0.39, 0.29) is 30.3 Å². The first kappa shape index (κ1) is 18.3. The fourth-order valence-electron chi connectivity index (χ4n) is 2.19. The van der Waals surface area contributed by atoms with Gasteiger partial charge in [0.05, 0.1) is 33.4 Å². The highest BCUT2D eigenvalue weighted by Gasteiger charge is 2.28. The van der Waals surface area contributed by atoms with E-state index in [9.17, 15) is 8.42 Å². The van der Waals surface area contributed by atoms with E-state index in [1.54, 1.807) is 18.2 Å². The molecule has 0 atom stereocenters. The topological polar surface area (TPSA) is 78.2 Å². The summed E-state index contributed by atoms with van der Waals surface area (Å²) in [5.41, 5.74) is 0.752. The van der Waals surface area contributed by atoms with Gasteiger partial charge in [0.2, 0.25) is 10.0 Å². The monoisotopic (exact) mass is 355 g/mol. The molecule has 0 aliphatic rings. The molecule has 2 aromatic rings. The van der Waals surface area contributed by atoms with Crippen molar-refractivity contribution in [3.05, 3.63) is 42.4 Å². The molecule has 0 bridgehead atoms. The van der Waals surface area contributed by atoms with Crippen LogP contribution in [0.15, 0.2) is 46.1 Å². The molecule has 132 valence electrons. The second-order valence-corrected chi connectivity index (χ2v) is 6.89. The van der Waals surface area contributed by atoms with E-state index in [0.717, 1.165) is 5.56 Å². The van der Waals surface area contributed by atoms with Crippen molar-refractivity contribution < 1.29 is 27.0 Å². The Hall–Kier alpha value is -2.03. The zero-order valence-corrected chi connectivity index (χ0v) is 14.7. The summed E-state index contributed by atoms with van der Waals surface area (Å²) in [4.78, 5) is 0.0744. The number of nitrogens with zero attached hydrogens (tertiary/aromatic N) is 1. The fourth-order valence-corrected chi connectivity index (χ4v) is 3.74. The van der Waals surface area contributed by atoms with Gasteiger partial charge in [0.1, 0.15) is 16.4 Å². The van der Waals surface area contributed by atoms with Crippen molar-refractivity contribution >= 4 is 10.0 Å². The molecule has 1 aromatic carbocycles. The van der Waals surface area contributed by atoms with Crippen LogP contribution in [-0.4, -0.2) is 47.2 Å². The standard InChI is InChI=1S/C16H21NO6S/c1-20-9-7-17(11-13-6-8-23-12-13)24(18,19)16-5-4-14(21-2)10-15(16)22-3/h4-6,8,10,12H,7,9,11H2,1-3H3. The number of methoxy groups -OCH3 is 3. The van der Waals surface area contributed by atoms with Crippen LogP contribution in [0.25, 0.3) is 0 Å². The molecule has 24 heavy (non-hydrogen) atoms. The average Bonchev–Trinajstić information content (AvgIpc) is 3.10. The number of furan rings is 1. The average molecular weight is 355 g/mol. The summed E-state index contributed by atoms with van der Waals surface area (Å²) in [6.07, 6.45) is 3.02. The highest BCUT2D eigenvalue weighted by molar-refractivity contribution is 7.89. The van der Waals surface area contributed by atoms with Crippen molar-refractivity contribution in [1.29, 1.82) is 0 Å². The van der Waals surface area contributed by atoms with E-state index in [4.69, 9.17) is 18.6 Å². The van der Waals surface area contributed by atoms with Crippen LogP contribution >= 0.6 is 0 Å². The fraction of sp³-hybridized carbons (Fsp3) is 0.375. The van der Waals surface area contributed by atoms with Crippen LogP contribution in [0.2, 0.25) is 0 Å². The summed E-state index contributed by atoms with van der Waals surface area (Å²) in [6, 6.07) is 6.32. The highest BCUT2D eigenvalue weighted by atomic mass is 32.2. The van der Waals surface area contributed by atoms with Gasteiger partial charge in [0.15, 0.2) is 0 Å². The zero-order valence-electron chi connectivity index (χ0n) is 13.9. The van der Waals surface area contributed by atoms with E-state index in [0.29, 0.717) is 5.75 Å². The van der Waals surface area contributed by atoms with Gasteiger partial charge in [-0.1, -0.05) is 0 Å². The molecule has 0 radical (unpaired) electrons. The Bertz CT molecular complexity index is 742. The number of rotatable bonds is 9. The molecule has 0 spiro atoms. The second-order valence-electron chi connectivity index (χ2n) is 4.98. The maximum atomic E-state index is 13.1. The lowest BCUT2D eigenvalue weighted by Gasteiger charge is -2.22. The van der Waals surface area contributed by atoms with Gasteiger partial charge in [-0.25, -0.2) is 8.42 Å². The van der Waals surface area contributed by atoms with E-state index in [1.165, 1.54) is 44.2 Å². The van der Waals surface area contributed by atoms with E-state index >= 15 is 0 Å². The normalized spacial score (nSPS) is 11.7. The highest BCUT2D eigenvalue weighted by Crippen LogP contribution is 2.31. The quantitative estimate of drug-likeness (QED) is 0.686. The molecule has 7 nitrogen and oxygen atoms in total. The van der Waals surface area contributed by atoms with Crippen molar-refractivity contribution in [2.24, 2.45) is 0 Å². The van der Waals surface area contributed by atoms with Crippen molar-refractivity contribution in [3.8, 4) is 11.5 Å². The number of sulfonamides is 1. The van der Waals surface area contributed by atoms with Gasteiger partial charge in [0.25, 0.3) is 0 Å². The third-order valence-corrected chi connectivity index (χ3v) is 5.36. The molecule has 0 saturated carbocycles. The molecule has 2 rings (SSSR count). The molecular formula is C16H21NO6S. The molecule has 0 fully saturated rings. The Morgan fingerprint density at radius 1 is 1.12 bits per heavy atom. The van der Waals surface area contributed by atoms with Crippen LogP contribution in [0.4, 0.5) is 0 Å². The zero-order chi connectivity index (χ0) is 17.6. The summed E-state index contributed by atoms with van der Waals surface area (Å²) < 4.78 is 47.8. The first-order chi connectivity index (χ1) is 11.5. The van der Waals surface area contributed by atoms with Crippen LogP contribution in [0, 0.1) is 0 Å². The van der Waals surface area contributed by atoms with Gasteiger partial charge >= 0.3 is 0 Å². The van der Waals surface area contributed by atoms with Crippen LogP contribution in [0.3, 0.4) is 0 Å². The maximum Gasteiger partial charge on any atom is 0.247 e. The summed E-state index contributed by atoms with van der Waals surface area (Å²) in [7, 11) is 0.665. The maximum absolute atomic E-state index is 13.1. The van der Waals surface area contributed by atoms with E-state index < -0.39 is 10.0 Å². The number of benzene rings is 1. The molecule has 0 unspecified atom stereocenters. The molecule has 0 N–H and O–H groups in total. The van der Waals surface area contributed by atoms with Crippen LogP contribution in [0.5, 0.6) is 11.5 Å². The van der Waals surface area contributed by atoms with Gasteiger partial charge < -0.3 is 18.6 Å². The molecule has 0 saturated heterocycles. The van der Waals surface area contributed by atoms with Gasteiger partial charge in [-0.15, -0.1) is 0 Å². The SMILES string of the molecule is COCCN(Cc1ccoc1)S(=O)(=O)c1ccc(OC)cc1OC. The van der Waals surface area contributed by atoms with Gasteiger partial charge in [0, 0.05) is 31.8 Å². The van der Waals surface area contributed by atoms with Crippen molar-refractivity contribution in [2.75, 3.05) is 34.5 Å². The molecular weight excluding hydrogens is 334 g/mol. The molecule has 1 aromatic heterocycles. The summed E-state index contributed by atoms with van der Waals surface area (Å²) in [5.74, 6) is 0.744. The summed E-state index contributed by atoms with van der Waals surface area (Å²) in [5, 5.41) is 0. The Morgan fingerprint density at radius 3 is 2.50 bits per heavy atom. The molecule has 0 aliphatic heterocycles. The minimum atomic E-state index is -3.79. The predicted molar refractivity (Wildman–Crippen MR) is 87.7 cm³/mol. The van der Waals surface area contributed by atoms with Crippen molar-refractivity contribution in [1.82, 2.24) is 4.31 Å². The minimum Gasteiger partial charge on any atom is -0.497 e. The lowest BCUT2D eigenvalue weighted by molar-refractivity contribution is 0.177. The first-order valence-corrected chi connectivity index (χ1v) is 8.69. The number of hydrogen-bond acceptors (Lipinski definition) is 6. The van der Waals surface area contributed by atoms with Gasteiger partial charge in [-0.2, -0.15) is 4.31 Å². The Kier molecular flexibility index (Phi) is 6.24. The molecule has 8 heteroatoms. The van der Waals surface area contributed by atoms with E-state index in [1.807, 2.05) is 0 Å². The summed E-state index contributed by atoms with van der Waals surface area (Å²) in [6.45, 7) is 0.659. The Balaban J connectivity index is 2.39. The largest absolute Gasteiger partial charge is 0.497 e. The first-order valence-electron chi connectivity index (χ1n) is 7.25. The van der Waals surface area contributed by atoms with Crippen molar-refractivity contribution in [3.63, 3.8) is 0 Å². The van der Waals surface area contributed by atoms with E-state index in [2.05, 4.69) is 0 Å². The van der Waals surface area contributed by atoms with Crippen LogP contribution in [0.1, 0.15) is 5.56 Å². The Morgan fingerprint density at radius 2 is 1.92 bits per heavy atom. The number of hydrogen-bond donors (Lipinski definition) is 0. The van der Waals surface area contributed by atoms with Crippen LogP contribution < -0.4 is 9.47 Å². The molecule has 0 aliphatic carbocycles. The lowest BCUT2D eigenvalue weighted by Crippen LogP contribution is -2.33. The Labute approximate surface area is 141 Å². The lowest BCUT2D eigenvalue weighted by atomic mass is 10.3. The van der Waals surface area contributed by atoms with Crippen LogP contribution in [-0.2, 0) is 21.3 Å². The molecule has 1 heterocycles. The smallest absolute Gasteiger partial charge is 0.247 e. The molecule has 0 amide bonds. The second kappa shape index (κ2) is 8.18. The van der Waals surface area contributed by atoms with Gasteiger partial charge in [-0.3, -0.25) is 0 Å².